The zero-order chi connectivity index (χ0) is 23.4. The highest BCUT2D eigenvalue weighted by atomic mass is 32.2. The van der Waals surface area contributed by atoms with Crippen molar-refractivity contribution in [2.75, 3.05) is 12.5 Å². The summed E-state index contributed by atoms with van der Waals surface area (Å²) in [5.74, 6) is -0.00645. The molecule has 0 aliphatic rings. The number of anilines is 1. The van der Waals surface area contributed by atoms with Gasteiger partial charge in [-0.25, -0.2) is 4.98 Å². The van der Waals surface area contributed by atoms with Crippen LogP contribution in [0, 0.1) is 10.1 Å². The highest BCUT2D eigenvalue weighted by Crippen LogP contribution is 2.33. The molecular weight excluding hydrogens is 468 g/mol. The zero-order valence-corrected chi connectivity index (χ0v) is 18.7. The third kappa shape index (κ3) is 4.91. The number of thiazole rings is 1. The topological polar surface area (TPSA) is 133 Å². The second kappa shape index (κ2) is 9.22. The summed E-state index contributed by atoms with van der Waals surface area (Å²) in [6.45, 7) is 0. The van der Waals surface area contributed by atoms with Gasteiger partial charge in [0.2, 0.25) is 5.13 Å². The summed E-state index contributed by atoms with van der Waals surface area (Å²) in [7, 11) is -3.13. The Kier molecular flexibility index (Phi) is 6.20. The first kappa shape index (κ1) is 22.2. The number of hydrogen-bond acceptors (Lipinski definition) is 10. The predicted octanol–water partition coefficient (Wildman–Crippen LogP) is 4.43. The Bertz CT molecular complexity index is 1430. The second-order valence-electron chi connectivity index (χ2n) is 6.53. The third-order valence-electron chi connectivity index (χ3n) is 4.39. The van der Waals surface area contributed by atoms with E-state index in [1.807, 2.05) is 24.3 Å². The molecule has 0 aliphatic heterocycles. The third-order valence-corrected chi connectivity index (χ3v) is 6.61. The number of nitrogens with zero attached hydrogens (tertiary/aromatic N) is 3. The first-order chi connectivity index (χ1) is 15.9. The normalized spacial score (nSPS) is 11.5. The number of fused-ring (bicyclic) bond motifs is 1. The number of nitro groups is 1. The SMILES string of the molecule is COc1cc(/C=N/Nc2nc3ccccc3s2)ccc1OS(=O)(=O)c1ccccc1[N+](=O)[O-]. The summed E-state index contributed by atoms with van der Waals surface area (Å²) in [4.78, 5) is 14.3. The van der Waals surface area contributed by atoms with Crippen molar-refractivity contribution in [1.82, 2.24) is 4.98 Å². The number of nitro benzene ring substituents is 1. The fourth-order valence-electron chi connectivity index (χ4n) is 2.90. The number of para-hydroxylation sites is 2. The van der Waals surface area contributed by atoms with Crippen LogP contribution in [0.1, 0.15) is 5.56 Å². The van der Waals surface area contributed by atoms with E-state index in [-0.39, 0.29) is 11.5 Å². The van der Waals surface area contributed by atoms with Crippen molar-refractivity contribution in [3.05, 3.63) is 82.4 Å². The summed E-state index contributed by atoms with van der Waals surface area (Å²) in [5.41, 5.74) is 3.73. The number of aromatic nitrogens is 1. The molecule has 0 atom stereocenters. The number of ether oxygens (including phenoxy) is 1. The maximum Gasteiger partial charge on any atom is 0.346 e. The van der Waals surface area contributed by atoms with E-state index >= 15 is 0 Å². The van der Waals surface area contributed by atoms with Crippen LogP contribution in [0.5, 0.6) is 11.5 Å². The number of hydrogen-bond donors (Lipinski definition) is 1. The van der Waals surface area contributed by atoms with Gasteiger partial charge in [0.15, 0.2) is 16.4 Å². The van der Waals surface area contributed by atoms with E-state index in [4.69, 9.17) is 8.92 Å². The molecule has 0 saturated heterocycles. The summed E-state index contributed by atoms with van der Waals surface area (Å²) < 4.78 is 36.7. The van der Waals surface area contributed by atoms with Crippen molar-refractivity contribution in [3.8, 4) is 11.5 Å². The van der Waals surface area contributed by atoms with Gasteiger partial charge < -0.3 is 8.92 Å². The highest BCUT2D eigenvalue weighted by molar-refractivity contribution is 7.87. The van der Waals surface area contributed by atoms with E-state index in [2.05, 4.69) is 15.5 Å². The Morgan fingerprint density at radius 1 is 1.09 bits per heavy atom. The fourth-order valence-corrected chi connectivity index (χ4v) is 4.82. The van der Waals surface area contributed by atoms with E-state index in [1.165, 1.54) is 48.9 Å². The van der Waals surface area contributed by atoms with Crippen molar-refractivity contribution in [2.24, 2.45) is 5.10 Å². The van der Waals surface area contributed by atoms with Crippen molar-refractivity contribution in [3.63, 3.8) is 0 Å². The zero-order valence-electron chi connectivity index (χ0n) is 17.0. The van der Waals surface area contributed by atoms with Crippen LogP contribution in [-0.4, -0.2) is 31.6 Å². The summed E-state index contributed by atoms with van der Waals surface area (Å²) in [6.07, 6.45) is 1.51. The molecule has 0 amide bonds. The minimum atomic E-state index is -4.47. The van der Waals surface area contributed by atoms with Crippen LogP contribution >= 0.6 is 11.3 Å². The van der Waals surface area contributed by atoms with Crippen LogP contribution in [0.3, 0.4) is 0 Å². The summed E-state index contributed by atoms with van der Waals surface area (Å²) in [6, 6.07) is 17.1. The maximum absolute atomic E-state index is 12.7. The molecule has 10 nitrogen and oxygen atoms in total. The molecule has 4 aromatic rings. The van der Waals surface area contributed by atoms with E-state index in [9.17, 15) is 18.5 Å². The van der Waals surface area contributed by atoms with Gasteiger partial charge in [0.25, 0.3) is 5.69 Å². The molecule has 1 aromatic heterocycles. The molecule has 1 N–H and O–H groups in total. The van der Waals surface area contributed by atoms with Gasteiger partial charge in [-0.2, -0.15) is 13.5 Å². The minimum Gasteiger partial charge on any atom is -0.493 e. The molecule has 3 aromatic carbocycles. The molecule has 4 rings (SSSR count). The fraction of sp³-hybridized carbons (Fsp3) is 0.0476. The van der Waals surface area contributed by atoms with Gasteiger partial charge in [-0.05, 0) is 42.0 Å². The lowest BCUT2D eigenvalue weighted by atomic mass is 10.2. The molecule has 0 fully saturated rings. The van der Waals surface area contributed by atoms with Crippen LogP contribution in [0.4, 0.5) is 10.8 Å². The van der Waals surface area contributed by atoms with Crippen molar-refractivity contribution in [1.29, 1.82) is 0 Å². The molecule has 12 heteroatoms. The lowest BCUT2D eigenvalue weighted by Crippen LogP contribution is -2.12. The molecular formula is C21H16N4O6S2. The molecule has 0 unspecified atom stereocenters. The average molecular weight is 485 g/mol. The Hall–Kier alpha value is -4.03. The largest absolute Gasteiger partial charge is 0.493 e. The van der Waals surface area contributed by atoms with Gasteiger partial charge >= 0.3 is 10.1 Å². The molecule has 0 bridgehead atoms. The number of hydrazone groups is 1. The molecule has 168 valence electrons. The van der Waals surface area contributed by atoms with Crippen molar-refractivity contribution < 1.29 is 22.3 Å². The smallest absolute Gasteiger partial charge is 0.346 e. The number of methoxy groups -OCH3 is 1. The first-order valence-electron chi connectivity index (χ1n) is 9.38. The number of nitrogens with one attached hydrogen (secondary N) is 1. The monoisotopic (exact) mass is 484 g/mol. The van der Waals surface area contributed by atoms with Crippen LogP contribution < -0.4 is 14.3 Å². The quantitative estimate of drug-likeness (QED) is 0.168. The lowest BCUT2D eigenvalue weighted by molar-refractivity contribution is -0.387. The van der Waals surface area contributed by atoms with E-state index < -0.39 is 25.6 Å². The van der Waals surface area contributed by atoms with E-state index in [1.54, 1.807) is 6.07 Å². The van der Waals surface area contributed by atoms with Gasteiger partial charge in [0, 0.05) is 6.07 Å². The van der Waals surface area contributed by atoms with E-state index in [0.717, 1.165) is 22.3 Å². The van der Waals surface area contributed by atoms with Crippen molar-refractivity contribution in [2.45, 2.75) is 4.90 Å². The van der Waals surface area contributed by atoms with Gasteiger partial charge in [-0.15, -0.1) is 0 Å². The summed E-state index contributed by atoms with van der Waals surface area (Å²) >= 11 is 1.45. The first-order valence-corrected chi connectivity index (χ1v) is 11.6. The lowest BCUT2D eigenvalue weighted by Gasteiger charge is -2.11. The van der Waals surface area contributed by atoms with Gasteiger partial charge in [-0.1, -0.05) is 35.6 Å². The van der Waals surface area contributed by atoms with Gasteiger partial charge in [-0.3, -0.25) is 15.5 Å². The molecule has 33 heavy (non-hydrogen) atoms. The molecule has 0 saturated carbocycles. The van der Waals surface area contributed by atoms with Crippen LogP contribution in [0.2, 0.25) is 0 Å². The highest BCUT2D eigenvalue weighted by Gasteiger charge is 2.28. The van der Waals surface area contributed by atoms with E-state index in [0.29, 0.717) is 10.7 Å². The molecule has 0 radical (unpaired) electrons. The van der Waals surface area contributed by atoms with Gasteiger partial charge in [0.1, 0.15) is 0 Å². The van der Waals surface area contributed by atoms with Crippen LogP contribution in [0.25, 0.3) is 10.2 Å². The van der Waals surface area contributed by atoms with Crippen molar-refractivity contribution >= 4 is 48.7 Å². The Balaban J connectivity index is 1.53. The summed E-state index contributed by atoms with van der Waals surface area (Å²) in [5, 5.41) is 15.9. The number of rotatable bonds is 8. The molecule has 0 spiro atoms. The minimum absolute atomic E-state index is 0.112. The Morgan fingerprint density at radius 2 is 1.85 bits per heavy atom. The van der Waals surface area contributed by atoms with Crippen LogP contribution in [-0.2, 0) is 10.1 Å². The maximum atomic E-state index is 12.7. The standard InChI is InChI=1S/C21H16N4O6S2/c1-30-18-12-14(13-22-24-21-23-15-6-2-4-8-19(15)32-21)10-11-17(18)31-33(28,29)20-9-5-3-7-16(20)25(26)27/h2-13H,1H3,(H,23,24)/b22-13+. The Morgan fingerprint density at radius 3 is 2.61 bits per heavy atom. The molecule has 0 aliphatic carbocycles. The Labute approximate surface area is 192 Å². The predicted molar refractivity (Wildman–Crippen MR) is 125 cm³/mol. The molecule has 1 heterocycles. The van der Waals surface area contributed by atoms with Gasteiger partial charge in [0.05, 0.1) is 28.5 Å². The number of benzene rings is 3. The average Bonchev–Trinajstić information content (AvgIpc) is 3.22. The second-order valence-corrected chi connectivity index (χ2v) is 9.07. The van der Waals surface area contributed by atoms with Crippen LogP contribution in [0.15, 0.2) is 76.7 Å².